The van der Waals surface area contributed by atoms with Crippen molar-refractivity contribution in [2.24, 2.45) is 0 Å². The highest BCUT2D eigenvalue weighted by atomic mass is 15.3. The first kappa shape index (κ1) is 13.6. The molecule has 0 aliphatic carbocycles. The van der Waals surface area contributed by atoms with E-state index >= 15 is 0 Å². The topological polar surface area (TPSA) is 17.8 Å². The molecule has 0 atom stereocenters. The second-order valence-corrected chi connectivity index (χ2v) is 5.28. The Kier molecular flexibility index (Phi) is 3.87. The highest BCUT2D eigenvalue weighted by Gasteiger charge is 2.15. The van der Waals surface area contributed by atoms with Crippen LogP contribution in [-0.2, 0) is 13.0 Å². The summed E-state index contributed by atoms with van der Waals surface area (Å²) < 4.78 is 2.14. The summed E-state index contributed by atoms with van der Waals surface area (Å²) in [7, 11) is 0. The largest absolute Gasteiger partial charge is 0.260 e. The molecular formula is C19H20N2. The fraction of sp³-hybridized carbons (Fsp3) is 0.211. The summed E-state index contributed by atoms with van der Waals surface area (Å²) in [5.74, 6) is 0. The van der Waals surface area contributed by atoms with E-state index in [1.54, 1.807) is 0 Å². The lowest BCUT2D eigenvalue weighted by Gasteiger charge is -2.09. The van der Waals surface area contributed by atoms with Crippen LogP contribution < -0.4 is 0 Å². The molecule has 1 aromatic heterocycles. The summed E-state index contributed by atoms with van der Waals surface area (Å²) in [6, 6.07) is 21.1. The quantitative estimate of drug-likeness (QED) is 0.687. The van der Waals surface area contributed by atoms with Gasteiger partial charge in [0.15, 0.2) is 0 Å². The van der Waals surface area contributed by atoms with Crippen molar-refractivity contribution in [3.63, 3.8) is 0 Å². The Labute approximate surface area is 126 Å². The molecule has 0 amide bonds. The zero-order valence-corrected chi connectivity index (χ0v) is 12.6. The van der Waals surface area contributed by atoms with Crippen molar-refractivity contribution in [2.45, 2.75) is 26.8 Å². The van der Waals surface area contributed by atoms with E-state index in [0.29, 0.717) is 0 Å². The van der Waals surface area contributed by atoms with E-state index in [1.165, 1.54) is 22.4 Å². The Morgan fingerprint density at radius 3 is 2.14 bits per heavy atom. The zero-order chi connectivity index (χ0) is 14.7. The molecule has 0 saturated carbocycles. The third-order valence-corrected chi connectivity index (χ3v) is 3.83. The number of aryl methyl sites for hydroxylation is 1. The maximum atomic E-state index is 4.77. The second-order valence-electron chi connectivity index (χ2n) is 5.28. The molecule has 0 fully saturated rings. The van der Waals surface area contributed by atoms with Gasteiger partial charge in [0.05, 0.1) is 17.9 Å². The van der Waals surface area contributed by atoms with Gasteiger partial charge in [-0.1, -0.05) is 67.6 Å². The van der Waals surface area contributed by atoms with Crippen molar-refractivity contribution < 1.29 is 0 Å². The second kappa shape index (κ2) is 5.96. The molecule has 0 aliphatic rings. The average Bonchev–Trinajstić information content (AvgIpc) is 2.84. The van der Waals surface area contributed by atoms with Gasteiger partial charge in [0.1, 0.15) is 0 Å². The molecule has 3 rings (SSSR count). The third-order valence-electron chi connectivity index (χ3n) is 3.83. The summed E-state index contributed by atoms with van der Waals surface area (Å²) in [6.45, 7) is 5.11. The van der Waals surface area contributed by atoms with Gasteiger partial charge in [-0.2, -0.15) is 5.10 Å². The highest BCUT2D eigenvalue weighted by Crippen LogP contribution is 2.27. The van der Waals surface area contributed by atoms with Gasteiger partial charge in [0.2, 0.25) is 0 Å². The van der Waals surface area contributed by atoms with Crippen LogP contribution in [-0.4, -0.2) is 9.78 Å². The van der Waals surface area contributed by atoms with Crippen molar-refractivity contribution in [3.8, 4) is 11.3 Å². The zero-order valence-electron chi connectivity index (χ0n) is 12.6. The summed E-state index contributed by atoms with van der Waals surface area (Å²) >= 11 is 0. The van der Waals surface area contributed by atoms with E-state index < -0.39 is 0 Å². The molecule has 21 heavy (non-hydrogen) atoms. The van der Waals surface area contributed by atoms with Gasteiger partial charge in [-0.3, -0.25) is 4.68 Å². The fourth-order valence-electron chi connectivity index (χ4n) is 2.83. The number of hydrogen-bond acceptors (Lipinski definition) is 1. The van der Waals surface area contributed by atoms with Crippen molar-refractivity contribution in [3.05, 3.63) is 77.5 Å². The molecule has 0 bridgehead atoms. The van der Waals surface area contributed by atoms with Gasteiger partial charge < -0.3 is 0 Å². The van der Waals surface area contributed by atoms with Gasteiger partial charge in [-0.25, -0.2) is 0 Å². The number of aromatic nitrogens is 2. The molecule has 0 saturated heterocycles. The van der Waals surface area contributed by atoms with E-state index in [-0.39, 0.29) is 0 Å². The van der Waals surface area contributed by atoms with Crippen LogP contribution in [0.3, 0.4) is 0 Å². The van der Waals surface area contributed by atoms with E-state index in [1.807, 2.05) is 6.07 Å². The molecule has 0 N–H and O–H groups in total. The third kappa shape index (κ3) is 2.75. The molecule has 2 heteroatoms. The Morgan fingerprint density at radius 2 is 1.52 bits per heavy atom. The van der Waals surface area contributed by atoms with E-state index in [4.69, 9.17) is 5.10 Å². The Balaban J connectivity index is 2.09. The van der Waals surface area contributed by atoms with Gasteiger partial charge in [-0.15, -0.1) is 0 Å². The molecule has 106 valence electrons. The highest BCUT2D eigenvalue weighted by molar-refractivity contribution is 5.64. The number of hydrogen-bond donors (Lipinski definition) is 0. The smallest absolute Gasteiger partial charge is 0.0720 e. The maximum Gasteiger partial charge on any atom is 0.0720 e. The normalized spacial score (nSPS) is 10.8. The molecule has 2 aromatic carbocycles. The SMILES string of the molecule is CCc1c(C)nn(Cc2ccccc2)c1-c1ccccc1. The monoisotopic (exact) mass is 276 g/mol. The molecule has 0 aliphatic heterocycles. The minimum Gasteiger partial charge on any atom is -0.260 e. The van der Waals surface area contributed by atoms with Crippen LogP contribution in [0, 0.1) is 6.92 Å². The lowest BCUT2D eigenvalue weighted by molar-refractivity contribution is 0.686. The van der Waals surface area contributed by atoms with E-state index in [2.05, 4.69) is 73.1 Å². The summed E-state index contributed by atoms with van der Waals surface area (Å²) in [4.78, 5) is 0. The van der Waals surface area contributed by atoms with Gasteiger partial charge in [0, 0.05) is 11.1 Å². The molecule has 3 aromatic rings. The van der Waals surface area contributed by atoms with Crippen molar-refractivity contribution in [1.29, 1.82) is 0 Å². The first-order chi connectivity index (χ1) is 10.3. The average molecular weight is 276 g/mol. The van der Waals surface area contributed by atoms with Gasteiger partial charge in [0.25, 0.3) is 0 Å². The molecule has 2 nitrogen and oxygen atoms in total. The van der Waals surface area contributed by atoms with Gasteiger partial charge >= 0.3 is 0 Å². The maximum absolute atomic E-state index is 4.77. The molecule has 0 radical (unpaired) electrons. The van der Waals surface area contributed by atoms with E-state index in [0.717, 1.165) is 18.7 Å². The Morgan fingerprint density at radius 1 is 0.905 bits per heavy atom. The van der Waals surface area contributed by atoms with Crippen LogP contribution in [0.15, 0.2) is 60.7 Å². The minimum absolute atomic E-state index is 0.811. The Bertz CT molecular complexity index is 712. The van der Waals surface area contributed by atoms with Crippen molar-refractivity contribution in [2.75, 3.05) is 0 Å². The van der Waals surface area contributed by atoms with Crippen LogP contribution in [0.5, 0.6) is 0 Å². The lowest BCUT2D eigenvalue weighted by atomic mass is 10.0. The number of nitrogens with zero attached hydrogens (tertiary/aromatic N) is 2. The predicted octanol–water partition coefficient (Wildman–Crippen LogP) is 4.47. The first-order valence-corrected chi connectivity index (χ1v) is 7.45. The fourth-order valence-corrected chi connectivity index (χ4v) is 2.83. The lowest BCUT2D eigenvalue weighted by Crippen LogP contribution is -2.04. The Hall–Kier alpha value is -2.35. The first-order valence-electron chi connectivity index (χ1n) is 7.45. The summed E-state index contributed by atoms with van der Waals surface area (Å²) in [6.07, 6.45) is 1.00. The van der Waals surface area contributed by atoms with Crippen LogP contribution in [0.25, 0.3) is 11.3 Å². The molecular weight excluding hydrogens is 256 g/mol. The van der Waals surface area contributed by atoms with Crippen LogP contribution in [0.4, 0.5) is 0 Å². The number of rotatable bonds is 4. The van der Waals surface area contributed by atoms with Crippen molar-refractivity contribution >= 4 is 0 Å². The van der Waals surface area contributed by atoms with Crippen LogP contribution in [0.1, 0.15) is 23.7 Å². The van der Waals surface area contributed by atoms with E-state index in [9.17, 15) is 0 Å². The van der Waals surface area contributed by atoms with Gasteiger partial charge in [-0.05, 0) is 18.9 Å². The van der Waals surface area contributed by atoms with Crippen LogP contribution >= 0.6 is 0 Å². The summed E-state index contributed by atoms with van der Waals surface area (Å²) in [5.41, 5.74) is 6.24. The summed E-state index contributed by atoms with van der Waals surface area (Å²) in [5, 5.41) is 4.77. The standard InChI is InChI=1S/C19H20N2/c1-3-18-15(2)20-21(14-16-10-6-4-7-11-16)19(18)17-12-8-5-9-13-17/h4-13H,3,14H2,1-2H3. The minimum atomic E-state index is 0.811. The number of benzene rings is 2. The molecule has 0 unspecified atom stereocenters. The van der Waals surface area contributed by atoms with Crippen LogP contribution in [0.2, 0.25) is 0 Å². The predicted molar refractivity (Wildman–Crippen MR) is 87.3 cm³/mol. The molecule has 0 spiro atoms. The van der Waals surface area contributed by atoms with Crippen molar-refractivity contribution in [1.82, 2.24) is 9.78 Å². The molecule has 1 heterocycles.